The van der Waals surface area contributed by atoms with Crippen LogP contribution in [0.1, 0.15) is 40.4 Å². The van der Waals surface area contributed by atoms with E-state index >= 15 is 0 Å². The van der Waals surface area contributed by atoms with Crippen LogP contribution in [-0.2, 0) is 13.0 Å². The van der Waals surface area contributed by atoms with Gasteiger partial charge in [0.1, 0.15) is 5.82 Å². The van der Waals surface area contributed by atoms with Gasteiger partial charge < -0.3 is 4.57 Å². The summed E-state index contributed by atoms with van der Waals surface area (Å²) in [4.78, 5) is 0. The first-order valence-electron chi connectivity index (χ1n) is 5.52. The second-order valence-corrected chi connectivity index (χ2v) is 5.41. The molecule has 0 fully saturated rings. The summed E-state index contributed by atoms with van der Waals surface area (Å²) in [7, 11) is 0. The standard InChI is InChI=1S/C11H21N3S/c1-6-9-12-13-10(15)14(9)7-11(4,5)8(2)3/h8H,6-7H2,1-5H3,(H,13,15). The number of aryl methyl sites for hydroxylation is 1. The van der Waals surface area contributed by atoms with E-state index in [0.717, 1.165) is 23.6 Å². The molecule has 1 heterocycles. The third-order valence-electron chi connectivity index (χ3n) is 3.28. The Bertz CT molecular complexity index is 373. The summed E-state index contributed by atoms with van der Waals surface area (Å²) in [6.45, 7) is 12.1. The summed E-state index contributed by atoms with van der Waals surface area (Å²) in [6.07, 6.45) is 0.918. The molecule has 1 aromatic rings. The molecule has 0 radical (unpaired) electrons. The van der Waals surface area contributed by atoms with Crippen LogP contribution in [0.15, 0.2) is 0 Å². The first-order chi connectivity index (χ1) is 6.88. The van der Waals surface area contributed by atoms with Gasteiger partial charge in [-0.2, -0.15) is 5.10 Å². The summed E-state index contributed by atoms with van der Waals surface area (Å²) < 4.78 is 2.86. The molecule has 0 unspecified atom stereocenters. The van der Waals surface area contributed by atoms with Gasteiger partial charge >= 0.3 is 0 Å². The lowest BCUT2D eigenvalue weighted by atomic mass is 9.81. The molecule has 0 spiro atoms. The van der Waals surface area contributed by atoms with Crippen LogP contribution in [0.25, 0.3) is 0 Å². The SMILES string of the molecule is CCc1n[nH]c(=S)n1CC(C)(C)C(C)C. The van der Waals surface area contributed by atoms with Gasteiger partial charge in [0.25, 0.3) is 0 Å². The van der Waals surface area contributed by atoms with Gasteiger partial charge in [0, 0.05) is 13.0 Å². The number of nitrogens with one attached hydrogen (secondary N) is 1. The molecule has 0 aliphatic rings. The molecule has 3 nitrogen and oxygen atoms in total. The number of aromatic amines is 1. The van der Waals surface area contributed by atoms with E-state index in [1.807, 2.05) is 0 Å². The predicted molar refractivity (Wildman–Crippen MR) is 65.4 cm³/mol. The second-order valence-electron chi connectivity index (χ2n) is 5.03. The minimum Gasteiger partial charge on any atom is -0.304 e. The lowest BCUT2D eigenvalue weighted by Gasteiger charge is -2.29. The van der Waals surface area contributed by atoms with Crippen LogP contribution in [0, 0.1) is 16.1 Å². The zero-order valence-corrected chi connectivity index (χ0v) is 11.1. The van der Waals surface area contributed by atoms with Gasteiger partial charge in [0.2, 0.25) is 0 Å². The summed E-state index contributed by atoms with van der Waals surface area (Å²) in [5.74, 6) is 1.67. The van der Waals surface area contributed by atoms with E-state index in [1.165, 1.54) is 0 Å². The van der Waals surface area contributed by atoms with Crippen molar-refractivity contribution < 1.29 is 0 Å². The van der Waals surface area contributed by atoms with Gasteiger partial charge in [-0.15, -0.1) is 0 Å². The first kappa shape index (κ1) is 12.4. The minimum absolute atomic E-state index is 0.242. The molecule has 0 aromatic carbocycles. The van der Waals surface area contributed by atoms with E-state index in [-0.39, 0.29) is 5.41 Å². The minimum atomic E-state index is 0.242. The van der Waals surface area contributed by atoms with Gasteiger partial charge in [0.05, 0.1) is 0 Å². The highest BCUT2D eigenvalue weighted by molar-refractivity contribution is 7.71. The number of H-pyrrole nitrogens is 1. The van der Waals surface area contributed by atoms with E-state index in [2.05, 4.69) is 49.4 Å². The fraction of sp³-hybridized carbons (Fsp3) is 0.818. The predicted octanol–water partition coefficient (Wildman–Crippen LogP) is 3.19. The van der Waals surface area contributed by atoms with E-state index in [4.69, 9.17) is 12.2 Å². The summed E-state index contributed by atoms with van der Waals surface area (Å²) in [6, 6.07) is 0. The Kier molecular flexibility index (Phi) is 3.71. The number of hydrogen-bond acceptors (Lipinski definition) is 2. The molecule has 0 saturated heterocycles. The van der Waals surface area contributed by atoms with E-state index < -0.39 is 0 Å². The fourth-order valence-electron chi connectivity index (χ4n) is 1.37. The maximum atomic E-state index is 5.24. The van der Waals surface area contributed by atoms with Crippen molar-refractivity contribution in [1.29, 1.82) is 0 Å². The van der Waals surface area contributed by atoms with Crippen molar-refractivity contribution >= 4 is 12.2 Å². The molecule has 0 amide bonds. The lowest BCUT2D eigenvalue weighted by molar-refractivity contribution is 0.207. The zero-order chi connectivity index (χ0) is 11.6. The molecule has 0 bridgehead atoms. The smallest absolute Gasteiger partial charge is 0.195 e. The monoisotopic (exact) mass is 227 g/mol. The Morgan fingerprint density at radius 3 is 2.53 bits per heavy atom. The van der Waals surface area contributed by atoms with Crippen molar-refractivity contribution in [2.24, 2.45) is 11.3 Å². The van der Waals surface area contributed by atoms with Crippen molar-refractivity contribution in [2.75, 3.05) is 0 Å². The third kappa shape index (κ3) is 2.68. The molecule has 0 saturated carbocycles. The first-order valence-corrected chi connectivity index (χ1v) is 5.93. The van der Waals surface area contributed by atoms with Crippen molar-refractivity contribution in [2.45, 2.75) is 47.6 Å². The maximum absolute atomic E-state index is 5.24. The number of rotatable bonds is 4. The summed E-state index contributed by atoms with van der Waals surface area (Å²) in [5, 5.41) is 7.09. The Morgan fingerprint density at radius 1 is 1.47 bits per heavy atom. The normalized spacial score (nSPS) is 12.4. The van der Waals surface area contributed by atoms with Crippen LogP contribution in [0.4, 0.5) is 0 Å². The van der Waals surface area contributed by atoms with Gasteiger partial charge in [-0.1, -0.05) is 34.6 Å². The molecule has 0 aliphatic carbocycles. The van der Waals surface area contributed by atoms with Crippen LogP contribution in [0.2, 0.25) is 0 Å². The van der Waals surface area contributed by atoms with Crippen LogP contribution < -0.4 is 0 Å². The fourth-order valence-corrected chi connectivity index (χ4v) is 1.59. The van der Waals surface area contributed by atoms with E-state index in [9.17, 15) is 0 Å². The second kappa shape index (κ2) is 4.47. The van der Waals surface area contributed by atoms with Gasteiger partial charge in [-0.3, -0.25) is 5.10 Å². The van der Waals surface area contributed by atoms with Crippen LogP contribution >= 0.6 is 12.2 Å². The van der Waals surface area contributed by atoms with E-state index in [1.54, 1.807) is 0 Å². The molecule has 1 rings (SSSR count). The third-order valence-corrected chi connectivity index (χ3v) is 3.59. The molecule has 0 atom stereocenters. The number of nitrogens with zero attached hydrogens (tertiary/aromatic N) is 2. The highest BCUT2D eigenvalue weighted by Crippen LogP contribution is 2.28. The lowest BCUT2D eigenvalue weighted by Crippen LogP contribution is -2.26. The number of hydrogen-bond donors (Lipinski definition) is 1. The highest BCUT2D eigenvalue weighted by Gasteiger charge is 2.24. The molecule has 0 aliphatic heterocycles. The number of aromatic nitrogens is 3. The Hall–Kier alpha value is -0.640. The molecular weight excluding hydrogens is 206 g/mol. The topological polar surface area (TPSA) is 33.6 Å². The maximum Gasteiger partial charge on any atom is 0.195 e. The molecular formula is C11H21N3S. The van der Waals surface area contributed by atoms with Crippen molar-refractivity contribution in [3.8, 4) is 0 Å². The average Bonchev–Trinajstić information content (AvgIpc) is 2.47. The Morgan fingerprint density at radius 2 is 2.07 bits per heavy atom. The molecule has 86 valence electrons. The molecule has 15 heavy (non-hydrogen) atoms. The highest BCUT2D eigenvalue weighted by atomic mass is 32.1. The molecule has 1 aromatic heterocycles. The van der Waals surface area contributed by atoms with Crippen molar-refractivity contribution in [3.05, 3.63) is 10.6 Å². The van der Waals surface area contributed by atoms with Crippen LogP contribution in [-0.4, -0.2) is 14.8 Å². The summed E-state index contributed by atoms with van der Waals surface area (Å²) in [5.41, 5.74) is 0.242. The zero-order valence-electron chi connectivity index (χ0n) is 10.3. The van der Waals surface area contributed by atoms with Crippen molar-refractivity contribution in [3.63, 3.8) is 0 Å². The molecule has 4 heteroatoms. The largest absolute Gasteiger partial charge is 0.304 e. The Labute approximate surface area is 96.9 Å². The Balaban J connectivity index is 2.98. The van der Waals surface area contributed by atoms with Gasteiger partial charge in [-0.25, -0.2) is 0 Å². The molecule has 1 N–H and O–H groups in total. The van der Waals surface area contributed by atoms with Crippen molar-refractivity contribution in [1.82, 2.24) is 14.8 Å². The van der Waals surface area contributed by atoms with Gasteiger partial charge in [-0.05, 0) is 23.6 Å². The summed E-state index contributed by atoms with van der Waals surface area (Å²) >= 11 is 5.24. The van der Waals surface area contributed by atoms with E-state index in [0.29, 0.717) is 5.92 Å². The van der Waals surface area contributed by atoms with Crippen LogP contribution in [0.5, 0.6) is 0 Å². The quantitative estimate of drug-likeness (QED) is 0.801. The van der Waals surface area contributed by atoms with Crippen LogP contribution in [0.3, 0.4) is 0 Å². The van der Waals surface area contributed by atoms with Gasteiger partial charge in [0.15, 0.2) is 4.77 Å². The average molecular weight is 227 g/mol.